The molecule has 7 nitrogen and oxygen atoms in total. The van der Waals surface area contributed by atoms with Crippen molar-refractivity contribution in [2.24, 2.45) is 0 Å². The van der Waals surface area contributed by atoms with E-state index in [1.165, 1.54) is 6.08 Å². The minimum Gasteiger partial charge on any atom is -0.490 e. The van der Waals surface area contributed by atoms with E-state index in [2.05, 4.69) is 6.92 Å². The van der Waals surface area contributed by atoms with Gasteiger partial charge in [0.25, 0.3) is 11.8 Å². The van der Waals surface area contributed by atoms with Crippen LogP contribution >= 0.6 is 0 Å². The zero-order valence-electron chi connectivity index (χ0n) is 17.6. The third-order valence-corrected chi connectivity index (χ3v) is 4.65. The lowest BCUT2D eigenvalue weighted by molar-refractivity contribution is -0.140. The number of esters is 1. The van der Waals surface area contributed by atoms with Crippen molar-refractivity contribution in [2.75, 3.05) is 19.9 Å². The highest BCUT2D eigenvalue weighted by atomic mass is 16.5. The van der Waals surface area contributed by atoms with Gasteiger partial charge in [0.05, 0.1) is 24.3 Å². The lowest BCUT2D eigenvalue weighted by Gasteiger charge is -2.13. The first-order chi connectivity index (χ1) is 15.0. The number of fused-ring (bicyclic) bond motifs is 1. The number of nitrogens with zero attached hydrogens (tertiary/aromatic N) is 1. The van der Waals surface area contributed by atoms with Gasteiger partial charge in [-0.15, -0.1) is 0 Å². The molecular weight excluding hydrogens is 398 g/mol. The summed E-state index contributed by atoms with van der Waals surface area (Å²) in [6, 6.07) is 11.9. The van der Waals surface area contributed by atoms with Crippen molar-refractivity contribution in [2.45, 2.75) is 26.7 Å². The maximum Gasteiger partial charge on any atom is 0.332 e. The van der Waals surface area contributed by atoms with E-state index < -0.39 is 24.5 Å². The summed E-state index contributed by atoms with van der Waals surface area (Å²) >= 11 is 0. The SMILES string of the molecule is CCCCOc1ccc(/C=C/C(=O)OCN2C(=O)c3ccccc3C2=O)cc1OCC. The van der Waals surface area contributed by atoms with E-state index in [0.29, 0.717) is 35.8 Å². The molecule has 31 heavy (non-hydrogen) atoms. The maximum atomic E-state index is 12.3. The van der Waals surface area contributed by atoms with E-state index in [0.717, 1.165) is 23.3 Å². The van der Waals surface area contributed by atoms with Crippen molar-refractivity contribution in [1.82, 2.24) is 4.90 Å². The van der Waals surface area contributed by atoms with Crippen molar-refractivity contribution >= 4 is 23.9 Å². The monoisotopic (exact) mass is 423 g/mol. The molecule has 0 unspecified atom stereocenters. The van der Waals surface area contributed by atoms with Crippen LogP contribution in [0.2, 0.25) is 0 Å². The van der Waals surface area contributed by atoms with Crippen LogP contribution in [-0.2, 0) is 9.53 Å². The lowest BCUT2D eigenvalue weighted by atomic mass is 10.1. The van der Waals surface area contributed by atoms with Gasteiger partial charge in [-0.1, -0.05) is 31.5 Å². The van der Waals surface area contributed by atoms with E-state index in [1.807, 2.05) is 6.92 Å². The zero-order chi connectivity index (χ0) is 22.2. The molecule has 0 fully saturated rings. The normalized spacial score (nSPS) is 12.9. The van der Waals surface area contributed by atoms with E-state index >= 15 is 0 Å². The summed E-state index contributed by atoms with van der Waals surface area (Å²) in [5.41, 5.74) is 1.34. The third-order valence-electron chi connectivity index (χ3n) is 4.65. The smallest absolute Gasteiger partial charge is 0.332 e. The number of imide groups is 1. The quantitative estimate of drug-likeness (QED) is 0.248. The van der Waals surface area contributed by atoms with Gasteiger partial charge >= 0.3 is 5.97 Å². The molecule has 1 heterocycles. The molecule has 0 aromatic heterocycles. The number of ether oxygens (including phenoxy) is 3. The fraction of sp³-hybridized carbons (Fsp3) is 0.292. The molecule has 0 bridgehead atoms. The van der Waals surface area contributed by atoms with E-state index in [9.17, 15) is 14.4 Å². The second-order valence-electron chi connectivity index (χ2n) is 6.85. The van der Waals surface area contributed by atoms with Gasteiger partial charge in [0.2, 0.25) is 0 Å². The molecule has 0 saturated carbocycles. The summed E-state index contributed by atoms with van der Waals surface area (Å²) in [5.74, 6) is -0.367. The van der Waals surface area contributed by atoms with Crippen molar-refractivity contribution < 1.29 is 28.6 Å². The standard InChI is InChI=1S/C24H25NO6/c1-3-5-14-30-20-12-10-17(15-21(20)29-4-2)11-13-22(26)31-16-25-23(27)18-8-6-7-9-19(18)24(25)28/h6-13,15H,3-5,14,16H2,1-2H3/b13-11+. The Bertz CT molecular complexity index is 962. The number of amides is 2. The van der Waals surface area contributed by atoms with E-state index in [1.54, 1.807) is 48.5 Å². The Morgan fingerprint density at radius 2 is 1.68 bits per heavy atom. The number of carbonyl (C=O) groups is 3. The van der Waals surface area contributed by atoms with Crippen molar-refractivity contribution in [3.05, 3.63) is 65.2 Å². The van der Waals surface area contributed by atoms with Crippen LogP contribution in [0.15, 0.2) is 48.5 Å². The minimum atomic E-state index is -0.669. The summed E-state index contributed by atoms with van der Waals surface area (Å²) in [5, 5.41) is 0. The van der Waals surface area contributed by atoms with Crippen LogP contribution in [0.1, 0.15) is 53.0 Å². The summed E-state index contributed by atoms with van der Waals surface area (Å²) in [4.78, 5) is 37.6. The average Bonchev–Trinajstić information content (AvgIpc) is 3.02. The Morgan fingerprint density at radius 1 is 0.968 bits per heavy atom. The molecule has 3 rings (SSSR count). The lowest BCUT2D eigenvalue weighted by Crippen LogP contribution is -2.32. The number of hydrogen-bond acceptors (Lipinski definition) is 6. The molecule has 1 aliphatic rings. The maximum absolute atomic E-state index is 12.3. The van der Waals surface area contributed by atoms with Crippen molar-refractivity contribution in [1.29, 1.82) is 0 Å². The predicted molar refractivity (Wildman–Crippen MR) is 115 cm³/mol. The third kappa shape index (κ3) is 5.31. The van der Waals surface area contributed by atoms with Crippen LogP contribution in [0.5, 0.6) is 11.5 Å². The fourth-order valence-corrected chi connectivity index (χ4v) is 3.04. The summed E-state index contributed by atoms with van der Waals surface area (Å²) < 4.78 is 16.5. The molecule has 0 radical (unpaired) electrons. The van der Waals surface area contributed by atoms with Gasteiger partial charge < -0.3 is 14.2 Å². The first-order valence-electron chi connectivity index (χ1n) is 10.2. The van der Waals surface area contributed by atoms with Crippen LogP contribution in [0.25, 0.3) is 6.08 Å². The molecule has 2 amide bonds. The Morgan fingerprint density at radius 3 is 2.32 bits per heavy atom. The number of hydrogen-bond donors (Lipinski definition) is 0. The second-order valence-corrected chi connectivity index (χ2v) is 6.85. The van der Waals surface area contributed by atoms with Crippen molar-refractivity contribution in [3.63, 3.8) is 0 Å². The minimum absolute atomic E-state index is 0.309. The van der Waals surface area contributed by atoms with Gasteiger partial charge in [0, 0.05) is 6.08 Å². The topological polar surface area (TPSA) is 82.1 Å². The van der Waals surface area contributed by atoms with Gasteiger partial charge in [0.1, 0.15) is 0 Å². The first-order valence-corrected chi connectivity index (χ1v) is 10.2. The van der Waals surface area contributed by atoms with Crippen LogP contribution < -0.4 is 9.47 Å². The molecule has 162 valence electrons. The molecular formula is C24H25NO6. The Kier molecular flexibility index (Phi) is 7.43. The van der Waals surface area contributed by atoms with Crippen LogP contribution in [0, 0.1) is 0 Å². The molecule has 2 aromatic carbocycles. The number of benzene rings is 2. The highest BCUT2D eigenvalue weighted by Crippen LogP contribution is 2.29. The molecule has 0 aliphatic carbocycles. The molecule has 7 heteroatoms. The summed E-state index contributed by atoms with van der Waals surface area (Å²) in [6.45, 7) is 4.63. The summed E-state index contributed by atoms with van der Waals surface area (Å²) in [6.07, 6.45) is 4.80. The Balaban J connectivity index is 1.59. The van der Waals surface area contributed by atoms with Gasteiger partial charge in [-0.2, -0.15) is 0 Å². The molecule has 0 spiro atoms. The largest absolute Gasteiger partial charge is 0.490 e. The number of carbonyl (C=O) groups excluding carboxylic acids is 3. The van der Waals surface area contributed by atoms with Gasteiger partial charge in [0.15, 0.2) is 18.2 Å². The van der Waals surface area contributed by atoms with Crippen molar-refractivity contribution in [3.8, 4) is 11.5 Å². The van der Waals surface area contributed by atoms with E-state index in [-0.39, 0.29) is 0 Å². The highest BCUT2D eigenvalue weighted by molar-refractivity contribution is 6.21. The highest BCUT2D eigenvalue weighted by Gasteiger charge is 2.35. The summed E-state index contributed by atoms with van der Waals surface area (Å²) in [7, 11) is 0. The van der Waals surface area contributed by atoms with Gasteiger partial charge in [-0.25, -0.2) is 9.69 Å². The Hall–Kier alpha value is -3.61. The molecule has 1 aliphatic heterocycles. The van der Waals surface area contributed by atoms with Crippen LogP contribution in [0.3, 0.4) is 0 Å². The van der Waals surface area contributed by atoms with Gasteiger partial charge in [-0.05, 0) is 49.2 Å². The average molecular weight is 423 g/mol. The van der Waals surface area contributed by atoms with Gasteiger partial charge in [-0.3, -0.25) is 9.59 Å². The molecule has 2 aromatic rings. The second kappa shape index (κ2) is 10.4. The predicted octanol–water partition coefficient (Wildman–Crippen LogP) is 4.07. The first kappa shape index (κ1) is 22.1. The van der Waals surface area contributed by atoms with Crippen LogP contribution in [-0.4, -0.2) is 42.6 Å². The molecule has 0 N–H and O–H groups in total. The zero-order valence-corrected chi connectivity index (χ0v) is 17.6. The molecule has 0 saturated heterocycles. The fourth-order valence-electron chi connectivity index (χ4n) is 3.04. The number of unbranched alkanes of at least 4 members (excludes halogenated alkanes) is 1. The van der Waals surface area contributed by atoms with E-state index in [4.69, 9.17) is 14.2 Å². The van der Waals surface area contributed by atoms with Crippen LogP contribution in [0.4, 0.5) is 0 Å². The molecule has 0 atom stereocenters. The number of rotatable bonds is 10. The Labute approximate surface area is 181 Å².